The Morgan fingerprint density at radius 1 is 1.12 bits per heavy atom. The van der Waals surface area contributed by atoms with Crippen molar-refractivity contribution >= 4 is 31.7 Å². The Balaban J connectivity index is 1.56. The SMILES string of the molecule is O=C(NCCN1CCCC1)c1ccc(CS(=O)(=O)c2ccc(Br)cc2)o1. The highest BCUT2D eigenvalue weighted by Gasteiger charge is 2.19. The maximum Gasteiger partial charge on any atom is 0.287 e. The Morgan fingerprint density at radius 3 is 2.50 bits per heavy atom. The van der Waals surface area contributed by atoms with E-state index in [4.69, 9.17) is 4.42 Å². The van der Waals surface area contributed by atoms with Crippen LogP contribution in [-0.4, -0.2) is 45.4 Å². The number of nitrogens with one attached hydrogen (secondary N) is 1. The number of nitrogens with zero attached hydrogens (tertiary/aromatic N) is 1. The van der Waals surface area contributed by atoms with Crippen LogP contribution in [0.5, 0.6) is 0 Å². The van der Waals surface area contributed by atoms with Crippen molar-refractivity contribution in [2.45, 2.75) is 23.5 Å². The van der Waals surface area contributed by atoms with Crippen LogP contribution in [-0.2, 0) is 15.6 Å². The molecule has 1 fully saturated rings. The quantitative estimate of drug-likeness (QED) is 0.715. The van der Waals surface area contributed by atoms with Gasteiger partial charge in [0, 0.05) is 17.6 Å². The molecule has 0 aliphatic carbocycles. The summed E-state index contributed by atoms with van der Waals surface area (Å²) in [7, 11) is -3.52. The molecule has 2 heterocycles. The van der Waals surface area contributed by atoms with E-state index < -0.39 is 9.84 Å². The van der Waals surface area contributed by atoms with Crippen molar-refractivity contribution in [2.24, 2.45) is 0 Å². The van der Waals surface area contributed by atoms with Gasteiger partial charge in [0.15, 0.2) is 15.6 Å². The van der Waals surface area contributed by atoms with E-state index in [2.05, 4.69) is 26.1 Å². The molecule has 0 radical (unpaired) electrons. The summed E-state index contributed by atoms with van der Waals surface area (Å²) in [6, 6.07) is 9.47. The van der Waals surface area contributed by atoms with Gasteiger partial charge in [0.05, 0.1) is 4.90 Å². The number of furan rings is 1. The van der Waals surface area contributed by atoms with Gasteiger partial charge < -0.3 is 14.6 Å². The van der Waals surface area contributed by atoms with Crippen LogP contribution in [0.15, 0.2) is 50.2 Å². The summed E-state index contributed by atoms with van der Waals surface area (Å²) in [6.07, 6.45) is 2.42. The number of rotatable bonds is 7. The van der Waals surface area contributed by atoms with Crippen LogP contribution < -0.4 is 5.32 Å². The summed E-state index contributed by atoms with van der Waals surface area (Å²) in [6.45, 7) is 3.52. The minimum atomic E-state index is -3.52. The van der Waals surface area contributed by atoms with Crippen molar-refractivity contribution in [3.8, 4) is 0 Å². The highest BCUT2D eigenvalue weighted by Crippen LogP contribution is 2.20. The number of hydrogen-bond donors (Lipinski definition) is 1. The summed E-state index contributed by atoms with van der Waals surface area (Å²) in [5, 5.41) is 2.81. The molecule has 140 valence electrons. The van der Waals surface area contributed by atoms with Crippen molar-refractivity contribution in [1.29, 1.82) is 0 Å². The van der Waals surface area contributed by atoms with Crippen molar-refractivity contribution in [1.82, 2.24) is 10.2 Å². The van der Waals surface area contributed by atoms with Crippen LogP contribution >= 0.6 is 15.9 Å². The van der Waals surface area contributed by atoms with E-state index in [0.717, 1.165) is 24.1 Å². The fraction of sp³-hybridized carbons (Fsp3) is 0.389. The summed E-state index contributed by atoms with van der Waals surface area (Å²) in [5.74, 6) is -0.225. The second-order valence-electron chi connectivity index (χ2n) is 6.28. The monoisotopic (exact) mass is 440 g/mol. The average Bonchev–Trinajstić information content (AvgIpc) is 3.27. The molecule has 0 bridgehead atoms. The zero-order valence-corrected chi connectivity index (χ0v) is 16.7. The second kappa shape index (κ2) is 8.37. The first kappa shape index (κ1) is 19.1. The molecule has 1 aromatic carbocycles. The molecular weight excluding hydrogens is 420 g/mol. The maximum atomic E-state index is 12.4. The average molecular weight is 441 g/mol. The number of amides is 1. The lowest BCUT2D eigenvalue weighted by atomic mass is 10.4. The van der Waals surface area contributed by atoms with Gasteiger partial charge in [-0.3, -0.25) is 4.79 Å². The van der Waals surface area contributed by atoms with Crippen LogP contribution in [0.25, 0.3) is 0 Å². The van der Waals surface area contributed by atoms with Crippen LogP contribution in [0.4, 0.5) is 0 Å². The van der Waals surface area contributed by atoms with E-state index in [1.807, 2.05) is 0 Å². The van der Waals surface area contributed by atoms with Crippen molar-refractivity contribution in [3.05, 3.63) is 52.4 Å². The number of benzene rings is 1. The molecule has 1 aromatic heterocycles. The van der Waals surface area contributed by atoms with E-state index in [-0.39, 0.29) is 28.1 Å². The number of likely N-dealkylation sites (tertiary alicyclic amines) is 1. The van der Waals surface area contributed by atoms with Gasteiger partial charge in [-0.15, -0.1) is 0 Å². The summed E-state index contributed by atoms with van der Waals surface area (Å²) < 4.78 is 31.1. The van der Waals surface area contributed by atoms with Crippen molar-refractivity contribution in [3.63, 3.8) is 0 Å². The molecule has 8 heteroatoms. The molecule has 1 amide bonds. The normalized spacial score (nSPS) is 15.3. The zero-order chi connectivity index (χ0) is 18.6. The standard InChI is InChI=1S/C18H21BrN2O4S/c19-14-3-6-16(7-4-14)26(23,24)13-15-5-8-17(25-15)18(22)20-9-12-21-10-1-2-11-21/h3-8H,1-2,9-13H2,(H,20,22). The Labute approximate surface area is 161 Å². The van der Waals surface area contributed by atoms with Crippen molar-refractivity contribution in [2.75, 3.05) is 26.2 Å². The Morgan fingerprint density at radius 2 is 1.81 bits per heavy atom. The first-order chi connectivity index (χ1) is 12.4. The molecule has 1 N–H and O–H groups in total. The molecule has 0 atom stereocenters. The summed E-state index contributed by atoms with van der Waals surface area (Å²) in [5.41, 5.74) is 0. The molecule has 26 heavy (non-hydrogen) atoms. The fourth-order valence-corrected chi connectivity index (χ4v) is 4.42. The van der Waals surface area contributed by atoms with Crippen LogP contribution in [0.3, 0.4) is 0 Å². The van der Waals surface area contributed by atoms with Crippen LogP contribution in [0, 0.1) is 0 Å². The van der Waals surface area contributed by atoms with Gasteiger partial charge in [-0.2, -0.15) is 0 Å². The molecule has 3 rings (SSSR count). The van der Waals surface area contributed by atoms with Gasteiger partial charge in [0.2, 0.25) is 0 Å². The fourth-order valence-electron chi connectivity index (χ4n) is 2.91. The van der Waals surface area contributed by atoms with Crippen LogP contribution in [0.1, 0.15) is 29.2 Å². The molecule has 6 nitrogen and oxygen atoms in total. The van der Waals surface area contributed by atoms with E-state index in [1.54, 1.807) is 12.1 Å². The first-order valence-corrected chi connectivity index (χ1v) is 11.0. The lowest BCUT2D eigenvalue weighted by molar-refractivity contribution is 0.0920. The van der Waals surface area contributed by atoms with E-state index in [9.17, 15) is 13.2 Å². The van der Waals surface area contributed by atoms with Gasteiger partial charge in [-0.1, -0.05) is 15.9 Å². The topological polar surface area (TPSA) is 79.6 Å². The minimum Gasteiger partial charge on any atom is -0.455 e. The number of sulfone groups is 1. The lowest BCUT2D eigenvalue weighted by Crippen LogP contribution is -2.33. The Hall–Kier alpha value is -1.64. The predicted octanol–water partition coefficient (Wildman–Crippen LogP) is 2.84. The highest BCUT2D eigenvalue weighted by molar-refractivity contribution is 9.10. The molecule has 1 aliphatic heterocycles. The first-order valence-electron chi connectivity index (χ1n) is 8.52. The lowest BCUT2D eigenvalue weighted by Gasteiger charge is -2.14. The summed E-state index contributed by atoms with van der Waals surface area (Å²) >= 11 is 3.28. The molecule has 2 aromatic rings. The third-order valence-electron chi connectivity index (χ3n) is 4.30. The highest BCUT2D eigenvalue weighted by atomic mass is 79.9. The van der Waals surface area contributed by atoms with Gasteiger partial charge in [0.25, 0.3) is 5.91 Å². The predicted molar refractivity (Wildman–Crippen MR) is 102 cm³/mol. The Kier molecular flexibility index (Phi) is 6.16. The zero-order valence-electron chi connectivity index (χ0n) is 14.3. The molecule has 0 saturated carbocycles. The van der Waals surface area contributed by atoms with Gasteiger partial charge in [-0.25, -0.2) is 8.42 Å². The number of carbonyl (C=O) groups excluding carboxylic acids is 1. The smallest absolute Gasteiger partial charge is 0.287 e. The van der Waals surface area contributed by atoms with Gasteiger partial charge in [-0.05, 0) is 62.3 Å². The largest absolute Gasteiger partial charge is 0.455 e. The van der Waals surface area contributed by atoms with Gasteiger partial charge in [0.1, 0.15) is 11.5 Å². The second-order valence-corrected chi connectivity index (χ2v) is 9.19. The number of hydrogen-bond acceptors (Lipinski definition) is 5. The molecule has 0 unspecified atom stereocenters. The number of carbonyl (C=O) groups is 1. The van der Waals surface area contributed by atoms with E-state index in [0.29, 0.717) is 6.54 Å². The third-order valence-corrected chi connectivity index (χ3v) is 6.49. The molecule has 1 aliphatic rings. The Bertz CT molecular complexity index is 856. The molecule has 0 spiro atoms. The molecular formula is C18H21BrN2O4S. The third kappa shape index (κ3) is 4.96. The van der Waals surface area contributed by atoms with E-state index in [1.165, 1.54) is 37.1 Å². The minimum absolute atomic E-state index is 0.132. The maximum absolute atomic E-state index is 12.4. The summed E-state index contributed by atoms with van der Waals surface area (Å²) in [4.78, 5) is 14.6. The van der Waals surface area contributed by atoms with E-state index >= 15 is 0 Å². The molecule has 1 saturated heterocycles. The van der Waals surface area contributed by atoms with Crippen LogP contribution in [0.2, 0.25) is 0 Å². The number of halogens is 1. The van der Waals surface area contributed by atoms with Crippen molar-refractivity contribution < 1.29 is 17.6 Å². The van der Waals surface area contributed by atoms with Gasteiger partial charge >= 0.3 is 0 Å².